The number of rotatable bonds is 1. The van der Waals surface area contributed by atoms with Crippen molar-refractivity contribution in [1.29, 1.82) is 0 Å². The molecule has 0 spiro atoms. The van der Waals surface area contributed by atoms with Crippen molar-refractivity contribution < 1.29 is 13.9 Å². The molecule has 1 aromatic carbocycles. The maximum Gasteiger partial charge on any atom is 0.410 e. The largest absolute Gasteiger partial charge is 0.444 e. The minimum atomic E-state index is -0.510. The van der Waals surface area contributed by atoms with Crippen LogP contribution in [0.3, 0.4) is 0 Å². The predicted molar refractivity (Wildman–Crippen MR) is 79.9 cm³/mol. The normalized spacial score (nSPS) is 15.2. The summed E-state index contributed by atoms with van der Waals surface area (Å²) in [7, 11) is 0. The van der Waals surface area contributed by atoms with Crippen LogP contribution >= 0.6 is 15.9 Å². The fourth-order valence-electron chi connectivity index (χ4n) is 1.93. The first-order valence-electron chi connectivity index (χ1n) is 6.38. The van der Waals surface area contributed by atoms with Crippen LogP contribution in [0.1, 0.15) is 26.3 Å². The van der Waals surface area contributed by atoms with Gasteiger partial charge < -0.3 is 9.64 Å². The van der Waals surface area contributed by atoms with Crippen LogP contribution in [0.5, 0.6) is 0 Å². The molecule has 1 heterocycles. The molecule has 1 aliphatic rings. The standard InChI is InChI=1S/C15H17BrFNO2/c1-15(2,3)20-14(19)18-7-6-11(9-18)10-4-5-12(16)13(17)8-10/h4-6,8H,7,9H2,1-3H3. The quantitative estimate of drug-likeness (QED) is 0.765. The van der Waals surface area contributed by atoms with Crippen molar-refractivity contribution in [2.45, 2.75) is 26.4 Å². The van der Waals surface area contributed by atoms with Gasteiger partial charge in [0, 0.05) is 13.1 Å². The van der Waals surface area contributed by atoms with Crippen LogP contribution in [0.4, 0.5) is 9.18 Å². The number of carbonyl (C=O) groups is 1. The number of amides is 1. The Kier molecular flexibility index (Phi) is 4.18. The van der Waals surface area contributed by atoms with Crippen molar-refractivity contribution in [2.24, 2.45) is 0 Å². The molecule has 0 saturated heterocycles. The van der Waals surface area contributed by atoms with Crippen LogP contribution in [0.25, 0.3) is 5.57 Å². The third-order valence-corrected chi connectivity index (χ3v) is 3.50. The maximum atomic E-state index is 13.5. The average Bonchev–Trinajstić information content (AvgIpc) is 2.80. The van der Waals surface area contributed by atoms with Crippen LogP contribution in [0.15, 0.2) is 28.7 Å². The van der Waals surface area contributed by atoms with Gasteiger partial charge in [0.1, 0.15) is 11.4 Å². The van der Waals surface area contributed by atoms with Crippen molar-refractivity contribution in [3.05, 3.63) is 40.1 Å². The van der Waals surface area contributed by atoms with Crippen LogP contribution in [-0.4, -0.2) is 29.7 Å². The SMILES string of the molecule is CC(C)(C)OC(=O)N1CC=C(c2ccc(Br)c(F)c2)C1. The number of nitrogens with zero attached hydrogens (tertiary/aromatic N) is 1. The lowest BCUT2D eigenvalue weighted by atomic mass is 10.1. The number of hydrogen-bond acceptors (Lipinski definition) is 2. The van der Waals surface area contributed by atoms with E-state index >= 15 is 0 Å². The van der Waals surface area contributed by atoms with E-state index in [0.717, 1.165) is 11.1 Å². The van der Waals surface area contributed by atoms with E-state index in [4.69, 9.17) is 4.74 Å². The van der Waals surface area contributed by atoms with Crippen LogP contribution in [-0.2, 0) is 4.74 Å². The Morgan fingerprint density at radius 3 is 2.70 bits per heavy atom. The molecule has 1 aliphatic heterocycles. The molecule has 0 atom stereocenters. The second kappa shape index (κ2) is 5.56. The molecule has 0 saturated carbocycles. The molecule has 0 aliphatic carbocycles. The van der Waals surface area contributed by atoms with Crippen molar-refractivity contribution in [1.82, 2.24) is 4.90 Å². The summed E-state index contributed by atoms with van der Waals surface area (Å²) in [6.07, 6.45) is 1.58. The van der Waals surface area contributed by atoms with Gasteiger partial charge in [-0.05, 0) is 60.0 Å². The van der Waals surface area contributed by atoms with E-state index in [-0.39, 0.29) is 11.9 Å². The fourth-order valence-corrected chi connectivity index (χ4v) is 2.17. The number of benzene rings is 1. The Bertz CT molecular complexity index is 563. The topological polar surface area (TPSA) is 29.5 Å². The summed E-state index contributed by atoms with van der Waals surface area (Å²) in [6.45, 7) is 6.43. The third kappa shape index (κ3) is 3.60. The first-order chi connectivity index (χ1) is 9.26. The lowest BCUT2D eigenvalue weighted by molar-refractivity contribution is 0.0306. The molecule has 20 heavy (non-hydrogen) atoms. The van der Waals surface area contributed by atoms with Crippen molar-refractivity contribution in [2.75, 3.05) is 13.1 Å². The molecule has 0 unspecified atom stereocenters. The molecule has 1 aromatic rings. The molecule has 0 bridgehead atoms. The molecule has 3 nitrogen and oxygen atoms in total. The highest BCUT2D eigenvalue weighted by Crippen LogP contribution is 2.25. The highest BCUT2D eigenvalue weighted by molar-refractivity contribution is 9.10. The zero-order valence-corrected chi connectivity index (χ0v) is 13.3. The van der Waals surface area contributed by atoms with Crippen molar-refractivity contribution >= 4 is 27.6 Å². The molecule has 5 heteroatoms. The fraction of sp³-hybridized carbons (Fsp3) is 0.400. The Hall–Kier alpha value is -1.36. The zero-order chi connectivity index (χ0) is 14.9. The molecule has 1 amide bonds. The van der Waals surface area contributed by atoms with Gasteiger partial charge >= 0.3 is 6.09 Å². The predicted octanol–water partition coefficient (Wildman–Crippen LogP) is 4.22. The Labute approximate surface area is 126 Å². The summed E-state index contributed by atoms with van der Waals surface area (Å²) in [5.41, 5.74) is 1.21. The van der Waals surface area contributed by atoms with Crippen LogP contribution < -0.4 is 0 Å². The van der Waals surface area contributed by atoms with E-state index in [0.29, 0.717) is 17.6 Å². The van der Waals surface area contributed by atoms with E-state index < -0.39 is 5.60 Å². The van der Waals surface area contributed by atoms with E-state index in [1.54, 1.807) is 11.0 Å². The first kappa shape index (κ1) is 15.0. The molecule has 2 rings (SSSR count). The molecule has 0 N–H and O–H groups in total. The molecule has 108 valence electrons. The first-order valence-corrected chi connectivity index (χ1v) is 7.18. The summed E-state index contributed by atoms with van der Waals surface area (Å²) < 4.78 is 19.3. The summed E-state index contributed by atoms with van der Waals surface area (Å²) in [5, 5.41) is 0. The van der Waals surface area contributed by atoms with Gasteiger partial charge in [-0.3, -0.25) is 0 Å². The van der Waals surface area contributed by atoms with E-state index in [1.807, 2.05) is 32.9 Å². The number of halogens is 2. The van der Waals surface area contributed by atoms with Gasteiger partial charge in [0.2, 0.25) is 0 Å². The van der Waals surface area contributed by atoms with Crippen molar-refractivity contribution in [3.8, 4) is 0 Å². The van der Waals surface area contributed by atoms with Crippen LogP contribution in [0.2, 0.25) is 0 Å². The highest BCUT2D eigenvalue weighted by Gasteiger charge is 2.25. The average molecular weight is 342 g/mol. The number of carbonyl (C=O) groups excluding carboxylic acids is 1. The monoisotopic (exact) mass is 341 g/mol. The molecule has 0 radical (unpaired) electrons. The Balaban J connectivity index is 2.04. The smallest absolute Gasteiger partial charge is 0.410 e. The lowest BCUT2D eigenvalue weighted by Crippen LogP contribution is -2.35. The number of ether oxygens (including phenoxy) is 1. The van der Waals surface area contributed by atoms with E-state index in [2.05, 4.69) is 15.9 Å². The van der Waals surface area contributed by atoms with Gasteiger partial charge in [-0.25, -0.2) is 9.18 Å². The van der Waals surface area contributed by atoms with E-state index in [9.17, 15) is 9.18 Å². The van der Waals surface area contributed by atoms with Gasteiger partial charge in [0.25, 0.3) is 0 Å². The molecular weight excluding hydrogens is 325 g/mol. The Morgan fingerprint density at radius 2 is 2.10 bits per heavy atom. The molecule has 0 fully saturated rings. The second-order valence-corrected chi connectivity index (χ2v) is 6.57. The minimum Gasteiger partial charge on any atom is -0.444 e. The van der Waals surface area contributed by atoms with Gasteiger partial charge in [-0.15, -0.1) is 0 Å². The lowest BCUT2D eigenvalue weighted by Gasteiger charge is -2.24. The second-order valence-electron chi connectivity index (χ2n) is 5.72. The maximum absolute atomic E-state index is 13.5. The highest BCUT2D eigenvalue weighted by atomic mass is 79.9. The van der Waals surface area contributed by atoms with Gasteiger partial charge in [0.15, 0.2) is 0 Å². The molecule has 0 aromatic heterocycles. The summed E-state index contributed by atoms with van der Waals surface area (Å²) in [4.78, 5) is 13.5. The minimum absolute atomic E-state index is 0.306. The summed E-state index contributed by atoms with van der Waals surface area (Å²) in [6, 6.07) is 4.97. The van der Waals surface area contributed by atoms with Gasteiger partial charge in [0.05, 0.1) is 4.47 Å². The number of hydrogen-bond donors (Lipinski definition) is 0. The summed E-state index contributed by atoms with van der Waals surface area (Å²) >= 11 is 3.13. The van der Waals surface area contributed by atoms with Gasteiger partial charge in [-0.2, -0.15) is 0 Å². The van der Waals surface area contributed by atoms with Crippen LogP contribution in [0, 0.1) is 5.82 Å². The Morgan fingerprint density at radius 1 is 1.40 bits per heavy atom. The third-order valence-electron chi connectivity index (χ3n) is 2.86. The van der Waals surface area contributed by atoms with Gasteiger partial charge in [-0.1, -0.05) is 12.1 Å². The van der Waals surface area contributed by atoms with Crippen molar-refractivity contribution in [3.63, 3.8) is 0 Å². The zero-order valence-electron chi connectivity index (χ0n) is 11.7. The summed E-state index contributed by atoms with van der Waals surface area (Å²) in [5.74, 6) is -0.306. The molecular formula is C15H17BrFNO2. The van der Waals surface area contributed by atoms with E-state index in [1.165, 1.54) is 6.07 Å².